The first-order chi connectivity index (χ1) is 10.1. The van der Waals surface area contributed by atoms with Crippen molar-refractivity contribution in [3.63, 3.8) is 0 Å². The zero-order chi connectivity index (χ0) is 15.0. The maximum atomic E-state index is 12.2. The van der Waals surface area contributed by atoms with E-state index in [9.17, 15) is 9.59 Å². The van der Waals surface area contributed by atoms with Crippen molar-refractivity contribution in [3.8, 4) is 0 Å². The third-order valence-corrected chi connectivity index (χ3v) is 4.88. The van der Waals surface area contributed by atoms with E-state index in [0.717, 1.165) is 12.8 Å². The van der Waals surface area contributed by atoms with E-state index in [2.05, 4.69) is 15.5 Å². The van der Waals surface area contributed by atoms with Gasteiger partial charge in [-0.25, -0.2) is 4.68 Å². The molecular weight excluding hydrogens is 294 g/mol. The van der Waals surface area contributed by atoms with Gasteiger partial charge in [0.1, 0.15) is 0 Å². The molecule has 21 heavy (non-hydrogen) atoms. The van der Waals surface area contributed by atoms with Gasteiger partial charge in [0.05, 0.1) is 17.7 Å². The monoisotopic (exact) mass is 311 g/mol. The minimum atomic E-state index is -0.830. The third-order valence-electron chi connectivity index (χ3n) is 3.96. The number of hydrogen-bond donors (Lipinski definition) is 1. The average Bonchev–Trinajstić information content (AvgIpc) is 3.04. The standard InChI is InChI=1S/C12H17N5O3S/c1-7-4-16(5-9(7)11(19)20)10(18)6-21-12-13-14-15-17(12)8-2-3-8/h7-9H,2-6H2,1H3,(H,19,20). The molecule has 2 unspecified atom stereocenters. The summed E-state index contributed by atoms with van der Waals surface area (Å²) in [6.45, 7) is 2.67. The van der Waals surface area contributed by atoms with Gasteiger partial charge >= 0.3 is 5.97 Å². The van der Waals surface area contributed by atoms with Gasteiger partial charge in [0.25, 0.3) is 0 Å². The number of aliphatic carboxylic acids is 1. The molecule has 3 rings (SSSR count). The Hall–Kier alpha value is -1.64. The van der Waals surface area contributed by atoms with Gasteiger partial charge in [0.2, 0.25) is 11.1 Å². The molecule has 1 aliphatic heterocycles. The van der Waals surface area contributed by atoms with E-state index in [1.54, 1.807) is 9.58 Å². The maximum absolute atomic E-state index is 12.2. The second-order valence-electron chi connectivity index (χ2n) is 5.65. The second-order valence-corrected chi connectivity index (χ2v) is 6.59. The Bertz CT molecular complexity index is 559. The van der Waals surface area contributed by atoms with Crippen LogP contribution in [-0.4, -0.2) is 60.9 Å². The summed E-state index contributed by atoms with van der Waals surface area (Å²) in [5.74, 6) is -1.11. The predicted octanol–water partition coefficient (Wildman–Crippen LogP) is 0.279. The molecule has 1 saturated heterocycles. The normalized spacial score (nSPS) is 25.3. The first-order valence-corrected chi connectivity index (χ1v) is 7.96. The van der Waals surface area contributed by atoms with Crippen molar-refractivity contribution in [3.05, 3.63) is 0 Å². The highest BCUT2D eigenvalue weighted by Crippen LogP contribution is 2.36. The van der Waals surface area contributed by atoms with Gasteiger partial charge in [-0.05, 0) is 29.2 Å². The fraction of sp³-hybridized carbons (Fsp3) is 0.750. The molecule has 0 bridgehead atoms. The first-order valence-electron chi connectivity index (χ1n) is 6.97. The topological polar surface area (TPSA) is 101 Å². The Balaban J connectivity index is 1.55. The number of likely N-dealkylation sites (tertiary alicyclic amines) is 1. The number of nitrogens with zero attached hydrogens (tertiary/aromatic N) is 5. The number of carbonyl (C=O) groups is 2. The molecule has 1 amide bonds. The quantitative estimate of drug-likeness (QED) is 0.779. The van der Waals surface area contributed by atoms with Gasteiger partial charge in [-0.2, -0.15) is 0 Å². The van der Waals surface area contributed by atoms with Crippen molar-refractivity contribution >= 4 is 23.6 Å². The van der Waals surface area contributed by atoms with Crippen molar-refractivity contribution in [2.24, 2.45) is 11.8 Å². The summed E-state index contributed by atoms with van der Waals surface area (Å²) in [7, 11) is 0. The number of carboxylic acid groups (broad SMARTS) is 1. The molecule has 0 spiro atoms. The van der Waals surface area contributed by atoms with E-state index in [0.29, 0.717) is 24.3 Å². The Morgan fingerprint density at radius 2 is 2.14 bits per heavy atom. The van der Waals surface area contributed by atoms with Gasteiger partial charge in [-0.15, -0.1) is 5.10 Å². The Morgan fingerprint density at radius 3 is 2.76 bits per heavy atom. The molecule has 1 saturated carbocycles. The number of rotatable bonds is 5. The van der Waals surface area contributed by atoms with Crippen LogP contribution in [-0.2, 0) is 9.59 Å². The van der Waals surface area contributed by atoms with E-state index in [4.69, 9.17) is 5.11 Å². The second kappa shape index (κ2) is 5.63. The number of amides is 1. The van der Waals surface area contributed by atoms with Crippen LogP contribution in [0.2, 0.25) is 0 Å². The van der Waals surface area contributed by atoms with Crippen molar-refractivity contribution in [2.75, 3.05) is 18.8 Å². The summed E-state index contributed by atoms with van der Waals surface area (Å²) in [4.78, 5) is 24.9. The lowest BCUT2D eigenvalue weighted by molar-refractivity contribution is -0.142. The van der Waals surface area contributed by atoms with Gasteiger partial charge in [0, 0.05) is 13.1 Å². The molecule has 0 radical (unpaired) electrons. The van der Waals surface area contributed by atoms with E-state index >= 15 is 0 Å². The van der Waals surface area contributed by atoms with Crippen molar-refractivity contribution in [1.82, 2.24) is 25.1 Å². The fourth-order valence-electron chi connectivity index (χ4n) is 2.54. The summed E-state index contributed by atoms with van der Waals surface area (Å²) >= 11 is 1.32. The number of hydrogen-bond acceptors (Lipinski definition) is 6. The molecule has 1 N–H and O–H groups in total. The molecule has 114 valence electrons. The van der Waals surface area contributed by atoms with Crippen LogP contribution in [0.15, 0.2) is 5.16 Å². The molecule has 2 heterocycles. The highest BCUT2D eigenvalue weighted by molar-refractivity contribution is 7.99. The number of aromatic nitrogens is 4. The Morgan fingerprint density at radius 1 is 1.38 bits per heavy atom. The van der Waals surface area contributed by atoms with Gasteiger partial charge in [-0.3, -0.25) is 9.59 Å². The zero-order valence-electron chi connectivity index (χ0n) is 11.7. The first kappa shape index (κ1) is 14.3. The van der Waals surface area contributed by atoms with Crippen molar-refractivity contribution < 1.29 is 14.7 Å². The lowest BCUT2D eigenvalue weighted by Crippen LogP contribution is -2.31. The van der Waals surface area contributed by atoms with Gasteiger partial charge in [-0.1, -0.05) is 18.7 Å². The lowest BCUT2D eigenvalue weighted by atomic mass is 9.99. The van der Waals surface area contributed by atoms with E-state index in [-0.39, 0.29) is 17.6 Å². The molecule has 1 aromatic rings. The smallest absolute Gasteiger partial charge is 0.308 e. The maximum Gasteiger partial charge on any atom is 0.308 e. The van der Waals surface area contributed by atoms with Crippen LogP contribution >= 0.6 is 11.8 Å². The summed E-state index contributed by atoms with van der Waals surface area (Å²) in [5, 5.41) is 21.3. The van der Waals surface area contributed by atoms with E-state index in [1.807, 2.05) is 6.92 Å². The number of thioether (sulfide) groups is 1. The average molecular weight is 311 g/mol. The lowest BCUT2D eigenvalue weighted by Gasteiger charge is -2.15. The molecule has 8 nitrogen and oxygen atoms in total. The number of carbonyl (C=O) groups excluding carboxylic acids is 1. The Kier molecular flexibility index (Phi) is 3.83. The van der Waals surface area contributed by atoms with Crippen LogP contribution < -0.4 is 0 Å². The molecule has 2 aliphatic rings. The van der Waals surface area contributed by atoms with Crippen LogP contribution in [0.25, 0.3) is 0 Å². The molecule has 0 aromatic carbocycles. The minimum absolute atomic E-state index is 0.00627. The molecule has 9 heteroatoms. The molecule has 2 fully saturated rings. The summed E-state index contributed by atoms with van der Waals surface area (Å²) in [6.07, 6.45) is 2.16. The highest BCUT2D eigenvalue weighted by atomic mass is 32.2. The largest absolute Gasteiger partial charge is 0.481 e. The molecule has 2 atom stereocenters. The summed E-state index contributed by atoms with van der Waals surface area (Å²) < 4.78 is 1.77. The van der Waals surface area contributed by atoms with Crippen LogP contribution in [0, 0.1) is 11.8 Å². The summed E-state index contributed by atoms with van der Waals surface area (Å²) in [6, 6.07) is 0.376. The van der Waals surface area contributed by atoms with Crippen molar-refractivity contribution in [2.45, 2.75) is 31.0 Å². The zero-order valence-corrected chi connectivity index (χ0v) is 12.5. The molecule has 1 aliphatic carbocycles. The van der Waals surface area contributed by atoms with Gasteiger partial charge < -0.3 is 10.0 Å². The van der Waals surface area contributed by atoms with Crippen LogP contribution in [0.3, 0.4) is 0 Å². The van der Waals surface area contributed by atoms with E-state index < -0.39 is 11.9 Å². The number of tetrazole rings is 1. The SMILES string of the molecule is CC1CN(C(=O)CSc2nnnn2C2CC2)CC1C(=O)O. The van der Waals surface area contributed by atoms with Crippen LogP contribution in [0.1, 0.15) is 25.8 Å². The predicted molar refractivity (Wildman–Crippen MR) is 73.7 cm³/mol. The van der Waals surface area contributed by atoms with Crippen molar-refractivity contribution in [1.29, 1.82) is 0 Å². The van der Waals surface area contributed by atoms with Crippen LogP contribution in [0.5, 0.6) is 0 Å². The van der Waals surface area contributed by atoms with E-state index in [1.165, 1.54) is 11.8 Å². The third kappa shape index (κ3) is 3.02. The molecule has 1 aromatic heterocycles. The van der Waals surface area contributed by atoms with Gasteiger partial charge in [0.15, 0.2) is 0 Å². The number of carboxylic acids is 1. The van der Waals surface area contributed by atoms with Crippen LogP contribution in [0.4, 0.5) is 0 Å². The summed E-state index contributed by atoms with van der Waals surface area (Å²) in [5.41, 5.74) is 0. The molecular formula is C12H17N5O3S. The minimum Gasteiger partial charge on any atom is -0.481 e. The Labute approximate surface area is 125 Å². The fourth-order valence-corrected chi connectivity index (χ4v) is 3.39. The highest BCUT2D eigenvalue weighted by Gasteiger charge is 2.37.